The largest absolute Gasteiger partial charge is 0.480 e. The van der Waals surface area contributed by atoms with Gasteiger partial charge in [0.1, 0.15) is 0 Å². The van der Waals surface area contributed by atoms with E-state index in [4.69, 9.17) is 5.11 Å². The Morgan fingerprint density at radius 2 is 2.33 bits per heavy atom. The highest BCUT2D eigenvalue weighted by Gasteiger charge is 2.31. The number of hydrogen-bond donors (Lipinski definition) is 1. The van der Waals surface area contributed by atoms with E-state index >= 15 is 0 Å². The summed E-state index contributed by atoms with van der Waals surface area (Å²) in [7, 11) is 0. The third kappa shape index (κ3) is 3.49. The molecule has 0 aromatic carbocycles. The molecule has 2 rings (SSSR count). The summed E-state index contributed by atoms with van der Waals surface area (Å²) >= 11 is 0. The molecule has 1 saturated carbocycles. The van der Waals surface area contributed by atoms with Crippen LogP contribution in [0.4, 0.5) is 0 Å². The van der Waals surface area contributed by atoms with E-state index in [9.17, 15) is 4.79 Å². The minimum Gasteiger partial charge on any atom is -0.480 e. The molecule has 1 aromatic rings. The number of nitrogens with zero attached hydrogens (tertiary/aromatic N) is 5. The number of unbranched alkanes of at least 4 members (excludes halogenated alkanes) is 1. The SMILES string of the molecule is CCCCn1nnnc1CN(CC(=O)O)C1CC1. The summed E-state index contributed by atoms with van der Waals surface area (Å²) in [6.07, 6.45) is 4.26. The highest BCUT2D eigenvalue weighted by Crippen LogP contribution is 2.27. The lowest BCUT2D eigenvalue weighted by atomic mass is 10.3. The number of carbonyl (C=O) groups is 1. The molecule has 1 heterocycles. The lowest BCUT2D eigenvalue weighted by Gasteiger charge is -2.18. The zero-order valence-corrected chi connectivity index (χ0v) is 10.6. The molecular weight excluding hydrogens is 234 g/mol. The molecule has 1 aliphatic rings. The third-order valence-electron chi connectivity index (χ3n) is 3.08. The van der Waals surface area contributed by atoms with Gasteiger partial charge < -0.3 is 5.11 Å². The molecule has 100 valence electrons. The standard InChI is InChI=1S/C11H19N5O2/c1-2-3-6-16-10(12-13-14-16)7-15(8-11(17)18)9-4-5-9/h9H,2-8H2,1H3,(H,17,18). The van der Waals surface area contributed by atoms with Crippen LogP contribution in [0.5, 0.6) is 0 Å². The number of rotatable bonds is 8. The number of aliphatic carboxylic acids is 1. The van der Waals surface area contributed by atoms with Crippen LogP contribution < -0.4 is 0 Å². The Morgan fingerprint density at radius 1 is 1.56 bits per heavy atom. The van der Waals surface area contributed by atoms with Crippen LogP contribution in [0.1, 0.15) is 38.4 Å². The van der Waals surface area contributed by atoms with Gasteiger partial charge in [0.05, 0.1) is 13.1 Å². The molecule has 0 unspecified atom stereocenters. The fourth-order valence-corrected chi connectivity index (χ4v) is 1.93. The van der Waals surface area contributed by atoms with Crippen molar-refractivity contribution in [1.29, 1.82) is 0 Å². The molecule has 0 radical (unpaired) electrons. The van der Waals surface area contributed by atoms with Gasteiger partial charge in [0, 0.05) is 12.6 Å². The van der Waals surface area contributed by atoms with Crippen molar-refractivity contribution in [1.82, 2.24) is 25.1 Å². The quantitative estimate of drug-likeness (QED) is 0.727. The molecule has 0 aliphatic heterocycles. The van der Waals surface area contributed by atoms with Crippen LogP contribution in [0, 0.1) is 0 Å². The molecule has 1 N–H and O–H groups in total. The van der Waals surface area contributed by atoms with Crippen molar-refractivity contribution in [2.24, 2.45) is 0 Å². The Hall–Kier alpha value is -1.50. The van der Waals surface area contributed by atoms with Gasteiger partial charge in [-0.15, -0.1) is 5.10 Å². The fraction of sp³-hybridized carbons (Fsp3) is 0.818. The smallest absolute Gasteiger partial charge is 0.317 e. The molecule has 0 bridgehead atoms. The number of hydrogen-bond acceptors (Lipinski definition) is 5. The molecule has 0 saturated heterocycles. The topological polar surface area (TPSA) is 84.1 Å². The van der Waals surface area contributed by atoms with Crippen molar-refractivity contribution in [2.75, 3.05) is 6.54 Å². The molecule has 7 nitrogen and oxygen atoms in total. The van der Waals surface area contributed by atoms with E-state index in [1.807, 2.05) is 4.90 Å². The first-order chi connectivity index (χ1) is 8.70. The summed E-state index contributed by atoms with van der Waals surface area (Å²) in [4.78, 5) is 12.8. The van der Waals surface area contributed by atoms with Crippen molar-refractivity contribution < 1.29 is 9.90 Å². The zero-order chi connectivity index (χ0) is 13.0. The van der Waals surface area contributed by atoms with Gasteiger partial charge in [0.25, 0.3) is 0 Å². The molecule has 18 heavy (non-hydrogen) atoms. The number of tetrazole rings is 1. The van der Waals surface area contributed by atoms with Gasteiger partial charge in [-0.1, -0.05) is 13.3 Å². The van der Waals surface area contributed by atoms with Crippen molar-refractivity contribution in [3.63, 3.8) is 0 Å². The van der Waals surface area contributed by atoms with E-state index in [-0.39, 0.29) is 6.54 Å². The van der Waals surface area contributed by atoms with Crippen LogP contribution in [-0.2, 0) is 17.9 Å². The maximum atomic E-state index is 10.8. The average Bonchev–Trinajstić information content (AvgIpc) is 3.08. The molecule has 7 heteroatoms. The summed E-state index contributed by atoms with van der Waals surface area (Å²) in [5.74, 6) is -0.0360. The second kappa shape index (κ2) is 5.90. The summed E-state index contributed by atoms with van der Waals surface area (Å²) in [5, 5.41) is 20.5. The first kappa shape index (κ1) is 12.9. The second-order valence-electron chi connectivity index (χ2n) is 4.70. The van der Waals surface area contributed by atoms with Crippen LogP contribution in [0.3, 0.4) is 0 Å². The van der Waals surface area contributed by atoms with Gasteiger partial charge in [-0.05, 0) is 29.7 Å². The minimum atomic E-state index is -0.797. The molecule has 0 spiro atoms. The van der Waals surface area contributed by atoms with E-state index in [1.54, 1.807) is 4.68 Å². The Labute approximate surface area is 106 Å². The van der Waals surface area contributed by atoms with Gasteiger partial charge in [-0.3, -0.25) is 9.69 Å². The van der Waals surface area contributed by atoms with Crippen LogP contribution in [-0.4, -0.2) is 48.8 Å². The van der Waals surface area contributed by atoms with Crippen molar-refractivity contribution in [2.45, 2.75) is 51.7 Å². The van der Waals surface area contributed by atoms with E-state index in [0.29, 0.717) is 12.6 Å². The van der Waals surface area contributed by atoms with Crippen molar-refractivity contribution in [3.05, 3.63) is 5.82 Å². The summed E-state index contributed by atoms with van der Waals surface area (Å²) in [5.41, 5.74) is 0. The van der Waals surface area contributed by atoms with Crippen LogP contribution >= 0.6 is 0 Å². The predicted octanol–water partition coefficient (Wildman–Crippen LogP) is 0.522. The highest BCUT2D eigenvalue weighted by atomic mass is 16.4. The van der Waals surface area contributed by atoms with E-state index < -0.39 is 5.97 Å². The first-order valence-corrected chi connectivity index (χ1v) is 6.41. The Morgan fingerprint density at radius 3 is 2.94 bits per heavy atom. The highest BCUT2D eigenvalue weighted by molar-refractivity contribution is 5.69. The molecular formula is C11H19N5O2. The van der Waals surface area contributed by atoms with Crippen LogP contribution in [0.15, 0.2) is 0 Å². The zero-order valence-electron chi connectivity index (χ0n) is 10.6. The van der Waals surface area contributed by atoms with E-state index in [2.05, 4.69) is 22.4 Å². The van der Waals surface area contributed by atoms with Gasteiger partial charge in [-0.2, -0.15) is 0 Å². The summed E-state index contributed by atoms with van der Waals surface area (Å²) in [6.45, 7) is 3.49. The first-order valence-electron chi connectivity index (χ1n) is 6.41. The molecule has 1 aliphatic carbocycles. The summed E-state index contributed by atoms with van der Waals surface area (Å²) in [6, 6.07) is 0.387. The van der Waals surface area contributed by atoms with Gasteiger partial charge in [0.15, 0.2) is 5.82 Å². The summed E-state index contributed by atoms with van der Waals surface area (Å²) < 4.78 is 1.78. The lowest BCUT2D eigenvalue weighted by Crippen LogP contribution is -2.32. The Bertz CT molecular complexity index is 402. The Balaban J connectivity index is 1.97. The third-order valence-corrected chi connectivity index (χ3v) is 3.08. The Kier molecular flexibility index (Phi) is 4.24. The van der Waals surface area contributed by atoms with Crippen LogP contribution in [0.2, 0.25) is 0 Å². The number of aryl methyl sites for hydroxylation is 1. The predicted molar refractivity (Wildman–Crippen MR) is 63.8 cm³/mol. The van der Waals surface area contributed by atoms with Gasteiger partial charge in [0.2, 0.25) is 0 Å². The maximum Gasteiger partial charge on any atom is 0.317 e. The van der Waals surface area contributed by atoms with Gasteiger partial charge >= 0.3 is 5.97 Å². The fourth-order valence-electron chi connectivity index (χ4n) is 1.93. The average molecular weight is 253 g/mol. The normalized spacial score (nSPS) is 15.2. The second-order valence-corrected chi connectivity index (χ2v) is 4.70. The number of carboxylic acid groups (broad SMARTS) is 1. The molecule has 1 fully saturated rings. The molecule has 0 atom stereocenters. The molecule has 1 aromatic heterocycles. The van der Waals surface area contributed by atoms with E-state index in [1.165, 1.54) is 0 Å². The minimum absolute atomic E-state index is 0.0608. The van der Waals surface area contributed by atoms with Crippen LogP contribution in [0.25, 0.3) is 0 Å². The van der Waals surface area contributed by atoms with E-state index in [0.717, 1.165) is 38.1 Å². The number of carboxylic acids is 1. The van der Waals surface area contributed by atoms with Gasteiger partial charge in [-0.25, -0.2) is 4.68 Å². The maximum absolute atomic E-state index is 10.8. The van der Waals surface area contributed by atoms with Crippen molar-refractivity contribution in [3.8, 4) is 0 Å². The molecule has 0 amide bonds. The number of aromatic nitrogens is 4. The lowest BCUT2D eigenvalue weighted by molar-refractivity contribution is -0.138. The van der Waals surface area contributed by atoms with Crippen molar-refractivity contribution >= 4 is 5.97 Å². The monoisotopic (exact) mass is 253 g/mol.